The fourth-order valence-corrected chi connectivity index (χ4v) is 2.96. The third-order valence-corrected chi connectivity index (χ3v) is 4.02. The van der Waals surface area contributed by atoms with E-state index in [1.165, 1.54) is 18.7 Å². The van der Waals surface area contributed by atoms with Crippen molar-refractivity contribution >= 4 is 35.0 Å². The van der Waals surface area contributed by atoms with Gasteiger partial charge in [-0.25, -0.2) is 9.97 Å². The van der Waals surface area contributed by atoms with Crippen LogP contribution in [0.5, 0.6) is 0 Å². The topological polar surface area (TPSA) is 84.0 Å². The molecule has 6 nitrogen and oxygen atoms in total. The Hall–Kier alpha value is -2.41. The zero-order valence-corrected chi connectivity index (χ0v) is 14.9. The summed E-state index contributed by atoms with van der Waals surface area (Å²) in [5.41, 5.74) is 3.01. The lowest BCUT2D eigenvalue weighted by Gasteiger charge is -2.12. The number of aryl methyl sites for hydroxylation is 2. The molecule has 1 aromatic carbocycles. The van der Waals surface area contributed by atoms with Crippen LogP contribution in [0.2, 0.25) is 0 Å². The van der Waals surface area contributed by atoms with Crippen molar-refractivity contribution in [3.05, 3.63) is 41.7 Å². The van der Waals surface area contributed by atoms with Crippen molar-refractivity contribution in [2.24, 2.45) is 0 Å². The van der Waals surface area contributed by atoms with Crippen molar-refractivity contribution < 1.29 is 9.59 Å². The number of rotatable bonds is 5. The van der Waals surface area contributed by atoms with Crippen molar-refractivity contribution in [2.75, 3.05) is 10.6 Å². The Morgan fingerprint density at radius 2 is 1.62 bits per heavy atom. The van der Waals surface area contributed by atoms with Gasteiger partial charge < -0.3 is 10.6 Å². The molecule has 0 saturated heterocycles. The van der Waals surface area contributed by atoms with Crippen molar-refractivity contribution in [3.63, 3.8) is 0 Å². The highest BCUT2D eigenvalue weighted by Gasteiger charge is 2.16. The second-order valence-electron chi connectivity index (χ2n) is 5.44. The van der Waals surface area contributed by atoms with Gasteiger partial charge in [0.2, 0.25) is 11.8 Å². The summed E-state index contributed by atoms with van der Waals surface area (Å²) in [5.74, 6) is -0.308. The molecule has 1 heterocycles. The SMILES string of the molecule is CC(=O)Nc1cccc(NC(=O)[C@H](C)Sc2nc(C)cc(C)n2)c1. The fourth-order valence-electron chi connectivity index (χ4n) is 2.08. The monoisotopic (exact) mass is 344 g/mol. The first-order chi connectivity index (χ1) is 11.3. The smallest absolute Gasteiger partial charge is 0.237 e. The van der Waals surface area contributed by atoms with E-state index in [4.69, 9.17) is 0 Å². The maximum Gasteiger partial charge on any atom is 0.237 e. The van der Waals surface area contributed by atoms with E-state index < -0.39 is 0 Å². The van der Waals surface area contributed by atoms with Crippen molar-refractivity contribution in [3.8, 4) is 0 Å². The zero-order chi connectivity index (χ0) is 17.7. The van der Waals surface area contributed by atoms with Gasteiger partial charge in [-0.1, -0.05) is 17.8 Å². The molecule has 0 aliphatic carbocycles. The number of carbonyl (C=O) groups is 2. The number of carbonyl (C=O) groups excluding carboxylic acids is 2. The van der Waals surface area contributed by atoms with Crippen LogP contribution in [0.15, 0.2) is 35.5 Å². The molecule has 126 valence electrons. The summed E-state index contributed by atoms with van der Waals surface area (Å²) >= 11 is 1.31. The van der Waals surface area contributed by atoms with Crippen LogP contribution in [0.25, 0.3) is 0 Å². The first-order valence-electron chi connectivity index (χ1n) is 7.51. The number of hydrogen-bond acceptors (Lipinski definition) is 5. The number of nitrogens with zero attached hydrogens (tertiary/aromatic N) is 2. The number of aromatic nitrogens is 2. The number of thioether (sulfide) groups is 1. The summed E-state index contributed by atoms with van der Waals surface area (Å²) < 4.78 is 0. The minimum absolute atomic E-state index is 0.150. The Labute approximate surface area is 145 Å². The van der Waals surface area contributed by atoms with Gasteiger partial charge in [0, 0.05) is 29.7 Å². The van der Waals surface area contributed by atoms with Crippen LogP contribution in [0.1, 0.15) is 25.2 Å². The summed E-state index contributed by atoms with van der Waals surface area (Å²) in [4.78, 5) is 32.1. The van der Waals surface area contributed by atoms with Crippen LogP contribution in [0, 0.1) is 13.8 Å². The number of benzene rings is 1. The minimum atomic E-state index is -0.351. The number of hydrogen-bond donors (Lipinski definition) is 2. The molecule has 0 aliphatic rings. The Morgan fingerprint density at radius 3 is 2.21 bits per heavy atom. The molecule has 7 heteroatoms. The highest BCUT2D eigenvalue weighted by Crippen LogP contribution is 2.22. The van der Waals surface area contributed by atoms with E-state index >= 15 is 0 Å². The standard InChI is InChI=1S/C17H20N4O2S/c1-10-8-11(2)19-17(18-10)24-12(3)16(23)21-15-7-5-6-14(9-15)20-13(4)22/h5-9,12H,1-4H3,(H,20,22)(H,21,23)/t12-/m0/s1. The van der Waals surface area contributed by atoms with E-state index in [0.717, 1.165) is 11.4 Å². The minimum Gasteiger partial charge on any atom is -0.326 e. The summed E-state index contributed by atoms with van der Waals surface area (Å²) in [5, 5.41) is 5.76. The molecular formula is C17H20N4O2S. The average Bonchev–Trinajstić information content (AvgIpc) is 2.45. The quantitative estimate of drug-likeness (QED) is 0.643. The van der Waals surface area contributed by atoms with Crippen LogP contribution in [-0.4, -0.2) is 27.0 Å². The van der Waals surface area contributed by atoms with Crippen molar-refractivity contribution in [1.29, 1.82) is 0 Å². The Bertz CT molecular complexity index is 744. The van der Waals surface area contributed by atoms with E-state index in [2.05, 4.69) is 20.6 Å². The van der Waals surface area contributed by atoms with Crippen LogP contribution in [0.3, 0.4) is 0 Å². The molecule has 0 saturated carbocycles. The van der Waals surface area contributed by atoms with Gasteiger partial charge >= 0.3 is 0 Å². The average molecular weight is 344 g/mol. The molecule has 2 aromatic rings. The van der Waals surface area contributed by atoms with E-state index in [1.807, 2.05) is 19.9 Å². The first-order valence-corrected chi connectivity index (χ1v) is 8.39. The van der Waals surface area contributed by atoms with Crippen molar-refractivity contribution in [2.45, 2.75) is 38.1 Å². The molecule has 2 amide bonds. The van der Waals surface area contributed by atoms with Gasteiger partial charge in [-0.05, 0) is 45.0 Å². The van der Waals surface area contributed by atoms with Gasteiger partial charge in [0.1, 0.15) is 0 Å². The summed E-state index contributed by atoms with van der Waals surface area (Å²) in [6, 6.07) is 8.91. The normalized spacial score (nSPS) is 11.7. The van der Waals surface area contributed by atoms with Gasteiger partial charge in [0.15, 0.2) is 5.16 Å². The molecule has 1 aromatic heterocycles. The molecule has 24 heavy (non-hydrogen) atoms. The lowest BCUT2D eigenvalue weighted by atomic mass is 10.2. The second kappa shape index (κ2) is 7.92. The van der Waals surface area contributed by atoms with Crippen LogP contribution >= 0.6 is 11.8 Å². The van der Waals surface area contributed by atoms with Gasteiger partial charge in [-0.15, -0.1) is 0 Å². The maximum atomic E-state index is 12.3. The molecule has 0 fully saturated rings. The number of amides is 2. The third-order valence-electron chi connectivity index (χ3n) is 3.06. The fraction of sp³-hybridized carbons (Fsp3) is 0.294. The van der Waals surface area contributed by atoms with Gasteiger partial charge in [0.05, 0.1) is 5.25 Å². The van der Waals surface area contributed by atoms with Gasteiger partial charge in [-0.3, -0.25) is 9.59 Å². The summed E-state index contributed by atoms with van der Waals surface area (Å²) in [7, 11) is 0. The summed E-state index contributed by atoms with van der Waals surface area (Å²) in [6.45, 7) is 7.04. The molecule has 0 aliphatic heterocycles. The Balaban J connectivity index is 2.02. The van der Waals surface area contributed by atoms with Crippen LogP contribution in [0.4, 0.5) is 11.4 Å². The molecule has 0 spiro atoms. The molecule has 0 unspecified atom stereocenters. The van der Waals surface area contributed by atoms with Crippen LogP contribution < -0.4 is 10.6 Å². The van der Waals surface area contributed by atoms with E-state index in [9.17, 15) is 9.59 Å². The summed E-state index contributed by atoms with van der Waals surface area (Å²) in [6.07, 6.45) is 0. The molecule has 2 N–H and O–H groups in total. The first kappa shape index (κ1) is 17.9. The predicted molar refractivity (Wildman–Crippen MR) is 96.2 cm³/mol. The third kappa shape index (κ3) is 5.34. The highest BCUT2D eigenvalue weighted by atomic mass is 32.2. The number of nitrogens with one attached hydrogen (secondary N) is 2. The predicted octanol–water partition coefficient (Wildman–Crippen LogP) is 3.17. The molecule has 0 bridgehead atoms. The molecule has 0 radical (unpaired) electrons. The largest absolute Gasteiger partial charge is 0.326 e. The van der Waals surface area contributed by atoms with Gasteiger partial charge in [0.25, 0.3) is 0 Å². The molecule has 1 atom stereocenters. The second-order valence-corrected chi connectivity index (χ2v) is 6.75. The number of anilines is 2. The molecule has 2 rings (SSSR count). The maximum absolute atomic E-state index is 12.3. The van der Waals surface area contributed by atoms with E-state index in [1.54, 1.807) is 31.2 Å². The van der Waals surface area contributed by atoms with Crippen LogP contribution in [-0.2, 0) is 9.59 Å². The lowest BCUT2D eigenvalue weighted by Crippen LogP contribution is -2.22. The Kier molecular flexibility index (Phi) is 5.92. The highest BCUT2D eigenvalue weighted by molar-refractivity contribution is 8.00. The Morgan fingerprint density at radius 1 is 1.04 bits per heavy atom. The van der Waals surface area contributed by atoms with E-state index in [-0.39, 0.29) is 17.1 Å². The molecular weight excluding hydrogens is 324 g/mol. The lowest BCUT2D eigenvalue weighted by molar-refractivity contribution is -0.115. The van der Waals surface area contributed by atoms with Gasteiger partial charge in [-0.2, -0.15) is 0 Å². The van der Waals surface area contributed by atoms with Crippen molar-refractivity contribution in [1.82, 2.24) is 9.97 Å². The van der Waals surface area contributed by atoms with E-state index in [0.29, 0.717) is 16.5 Å². The zero-order valence-electron chi connectivity index (χ0n) is 14.1.